The molecule has 0 fully saturated rings. The second kappa shape index (κ2) is 6.44. The molecule has 0 spiro atoms. The van der Waals surface area contributed by atoms with Crippen LogP contribution in [0.15, 0.2) is 47.4 Å². The van der Waals surface area contributed by atoms with Crippen LogP contribution in [0.4, 0.5) is 5.69 Å². The molecular weight excluding hydrogens is 278 g/mol. The fourth-order valence-corrected chi connectivity index (χ4v) is 4.15. The molecule has 0 amide bonds. The van der Waals surface area contributed by atoms with E-state index in [-0.39, 0.29) is 0 Å². The zero-order valence-corrected chi connectivity index (χ0v) is 13.2. The highest BCUT2D eigenvalue weighted by atomic mass is 32.2. The molecule has 0 saturated carbocycles. The van der Waals surface area contributed by atoms with Crippen molar-refractivity contribution < 1.29 is 4.74 Å². The predicted octanol–water partition coefficient (Wildman–Crippen LogP) is 4.49. The van der Waals surface area contributed by atoms with Crippen molar-refractivity contribution in [3.63, 3.8) is 0 Å². The molecule has 21 heavy (non-hydrogen) atoms. The van der Waals surface area contributed by atoms with Crippen molar-refractivity contribution in [1.29, 1.82) is 0 Å². The fraction of sp³-hybridized carbons (Fsp3) is 0.333. The van der Waals surface area contributed by atoms with E-state index in [0.717, 1.165) is 22.1 Å². The first-order valence-corrected chi connectivity index (χ1v) is 8.40. The quantitative estimate of drug-likeness (QED) is 0.667. The average Bonchev–Trinajstić information content (AvgIpc) is 2.54. The van der Waals surface area contributed by atoms with E-state index in [1.807, 2.05) is 30.0 Å². The third-order valence-electron chi connectivity index (χ3n) is 4.15. The van der Waals surface area contributed by atoms with Gasteiger partial charge < -0.3 is 10.5 Å². The molecule has 0 radical (unpaired) electrons. The summed E-state index contributed by atoms with van der Waals surface area (Å²) in [5.41, 5.74) is 9.96. The zero-order chi connectivity index (χ0) is 14.7. The van der Waals surface area contributed by atoms with Gasteiger partial charge in [0.1, 0.15) is 5.75 Å². The lowest BCUT2D eigenvalue weighted by atomic mass is 9.84. The number of anilines is 1. The number of rotatable bonds is 4. The van der Waals surface area contributed by atoms with Crippen LogP contribution in [-0.4, -0.2) is 12.9 Å². The summed E-state index contributed by atoms with van der Waals surface area (Å²) in [5.74, 6) is 2.58. The minimum atomic E-state index is 0.630. The third kappa shape index (κ3) is 3.18. The van der Waals surface area contributed by atoms with Gasteiger partial charge in [-0.1, -0.05) is 24.3 Å². The number of hydrogen-bond acceptors (Lipinski definition) is 3. The lowest BCUT2D eigenvalue weighted by Crippen LogP contribution is -2.11. The van der Waals surface area contributed by atoms with Crippen LogP contribution in [-0.2, 0) is 6.42 Å². The maximum Gasteiger partial charge on any atom is 0.120 e. The van der Waals surface area contributed by atoms with Crippen molar-refractivity contribution in [1.82, 2.24) is 0 Å². The number of fused-ring (bicyclic) bond motifs is 1. The summed E-state index contributed by atoms with van der Waals surface area (Å²) < 4.78 is 5.29. The second-order valence-corrected chi connectivity index (χ2v) is 6.56. The first kappa shape index (κ1) is 14.3. The monoisotopic (exact) mass is 299 g/mol. The van der Waals surface area contributed by atoms with Gasteiger partial charge in [-0.05, 0) is 54.5 Å². The first-order valence-electron chi connectivity index (χ1n) is 7.42. The molecule has 2 aromatic rings. The Balaban J connectivity index is 1.74. The van der Waals surface area contributed by atoms with Crippen LogP contribution in [0.3, 0.4) is 0 Å². The number of methoxy groups -OCH3 is 1. The highest BCUT2D eigenvalue weighted by Gasteiger charge is 2.20. The largest absolute Gasteiger partial charge is 0.497 e. The molecule has 1 atom stereocenters. The number of nitrogens with two attached hydrogens (primary N) is 1. The van der Waals surface area contributed by atoms with Crippen molar-refractivity contribution in [2.75, 3.05) is 18.6 Å². The van der Waals surface area contributed by atoms with Crippen molar-refractivity contribution >= 4 is 17.4 Å². The molecule has 0 aromatic heterocycles. The Morgan fingerprint density at radius 3 is 2.95 bits per heavy atom. The van der Waals surface area contributed by atoms with Gasteiger partial charge in [0.15, 0.2) is 0 Å². The molecule has 2 aromatic carbocycles. The fourth-order valence-electron chi connectivity index (χ4n) is 2.98. The summed E-state index contributed by atoms with van der Waals surface area (Å²) in [6, 6.07) is 14.7. The summed E-state index contributed by atoms with van der Waals surface area (Å²) >= 11 is 1.84. The van der Waals surface area contributed by atoms with Gasteiger partial charge in [0.05, 0.1) is 7.11 Å². The van der Waals surface area contributed by atoms with Crippen LogP contribution in [0.1, 0.15) is 29.9 Å². The summed E-state index contributed by atoms with van der Waals surface area (Å²) in [4.78, 5) is 1.12. The standard InChI is InChI=1S/C18H21NOS/c1-20-15-9-10-17(19)18(11-15)21-12-14-7-4-6-13-5-2-3-8-16(13)14/h2-3,5,8-11,14H,4,6-7,12,19H2,1H3. The van der Waals surface area contributed by atoms with Gasteiger partial charge >= 0.3 is 0 Å². The van der Waals surface area contributed by atoms with Crippen LogP contribution in [0, 0.1) is 0 Å². The minimum absolute atomic E-state index is 0.630. The Morgan fingerprint density at radius 1 is 1.24 bits per heavy atom. The van der Waals surface area contributed by atoms with Crippen LogP contribution in [0.25, 0.3) is 0 Å². The number of benzene rings is 2. The van der Waals surface area contributed by atoms with Gasteiger partial charge in [0.25, 0.3) is 0 Å². The number of nitrogen functional groups attached to an aromatic ring is 1. The van der Waals surface area contributed by atoms with Gasteiger partial charge in [-0.25, -0.2) is 0 Å². The molecule has 2 nitrogen and oxygen atoms in total. The maximum absolute atomic E-state index is 6.08. The summed E-state index contributed by atoms with van der Waals surface area (Å²) in [7, 11) is 1.69. The molecule has 0 aliphatic heterocycles. The van der Waals surface area contributed by atoms with Crippen molar-refractivity contribution in [2.24, 2.45) is 0 Å². The molecular formula is C18H21NOS. The lowest BCUT2D eigenvalue weighted by molar-refractivity contribution is 0.414. The molecule has 1 aliphatic carbocycles. The van der Waals surface area contributed by atoms with E-state index >= 15 is 0 Å². The molecule has 0 saturated heterocycles. The first-order chi connectivity index (χ1) is 10.3. The maximum atomic E-state index is 6.08. The Bertz CT molecular complexity index is 626. The highest BCUT2D eigenvalue weighted by molar-refractivity contribution is 7.99. The number of aryl methyl sites for hydroxylation is 1. The van der Waals surface area contributed by atoms with Crippen molar-refractivity contribution in [2.45, 2.75) is 30.1 Å². The van der Waals surface area contributed by atoms with E-state index in [4.69, 9.17) is 10.5 Å². The minimum Gasteiger partial charge on any atom is -0.497 e. The normalized spacial score (nSPS) is 17.3. The predicted molar refractivity (Wildman–Crippen MR) is 90.3 cm³/mol. The molecule has 2 N–H and O–H groups in total. The molecule has 0 heterocycles. The summed E-state index contributed by atoms with van der Waals surface area (Å²) in [6.45, 7) is 0. The van der Waals surface area contributed by atoms with Crippen LogP contribution >= 0.6 is 11.8 Å². The number of thioether (sulfide) groups is 1. The van der Waals surface area contributed by atoms with Gasteiger partial charge in [-0.2, -0.15) is 0 Å². The Kier molecular flexibility index (Phi) is 4.39. The Labute approximate surface area is 130 Å². The molecule has 1 unspecified atom stereocenters. The van der Waals surface area contributed by atoms with E-state index in [1.54, 1.807) is 7.11 Å². The van der Waals surface area contributed by atoms with E-state index in [2.05, 4.69) is 24.3 Å². The number of ether oxygens (including phenoxy) is 1. The van der Waals surface area contributed by atoms with E-state index < -0.39 is 0 Å². The van der Waals surface area contributed by atoms with Gasteiger partial charge in [0.2, 0.25) is 0 Å². The SMILES string of the molecule is COc1ccc(N)c(SCC2CCCc3ccccc32)c1. The van der Waals surface area contributed by atoms with Gasteiger partial charge in [-0.3, -0.25) is 0 Å². The smallest absolute Gasteiger partial charge is 0.120 e. The van der Waals surface area contributed by atoms with Crippen LogP contribution in [0.5, 0.6) is 5.75 Å². The van der Waals surface area contributed by atoms with E-state index in [0.29, 0.717) is 5.92 Å². The topological polar surface area (TPSA) is 35.2 Å². The number of hydrogen-bond donors (Lipinski definition) is 1. The Morgan fingerprint density at radius 2 is 2.10 bits per heavy atom. The van der Waals surface area contributed by atoms with E-state index in [1.165, 1.54) is 30.4 Å². The Hall–Kier alpha value is -1.61. The van der Waals surface area contributed by atoms with Gasteiger partial charge in [-0.15, -0.1) is 11.8 Å². The van der Waals surface area contributed by atoms with Gasteiger partial charge in [0, 0.05) is 16.3 Å². The third-order valence-corrected chi connectivity index (χ3v) is 5.39. The van der Waals surface area contributed by atoms with Crippen molar-refractivity contribution in [3.05, 3.63) is 53.6 Å². The molecule has 3 heteroatoms. The lowest BCUT2D eigenvalue weighted by Gasteiger charge is -2.25. The second-order valence-electron chi connectivity index (χ2n) is 5.50. The van der Waals surface area contributed by atoms with E-state index in [9.17, 15) is 0 Å². The molecule has 3 rings (SSSR count). The molecule has 110 valence electrons. The van der Waals surface area contributed by atoms with Crippen LogP contribution < -0.4 is 10.5 Å². The average molecular weight is 299 g/mol. The summed E-state index contributed by atoms with van der Waals surface area (Å²) in [5, 5.41) is 0. The van der Waals surface area contributed by atoms with Crippen molar-refractivity contribution in [3.8, 4) is 5.75 Å². The summed E-state index contributed by atoms with van der Waals surface area (Å²) in [6.07, 6.45) is 3.78. The zero-order valence-electron chi connectivity index (χ0n) is 12.3. The molecule has 1 aliphatic rings. The molecule has 0 bridgehead atoms. The highest BCUT2D eigenvalue weighted by Crippen LogP contribution is 2.37. The van der Waals surface area contributed by atoms with Crippen LogP contribution in [0.2, 0.25) is 0 Å².